The summed E-state index contributed by atoms with van der Waals surface area (Å²) in [7, 11) is 0. The van der Waals surface area contributed by atoms with E-state index in [0.717, 1.165) is 17.2 Å². The average Bonchev–Trinajstić information content (AvgIpc) is 2.80. The maximum absolute atomic E-state index is 12.8. The lowest BCUT2D eigenvalue weighted by Crippen LogP contribution is -2.28. The first kappa shape index (κ1) is 13.4. The first-order valence-corrected chi connectivity index (χ1v) is 6.00. The normalized spacial score (nSPS) is 16.1. The van der Waals surface area contributed by atoms with Crippen molar-refractivity contribution in [1.29, 1.82) is 0 Å². The van der Waals surface area contributed by atoms with E-state index in [1.807, 2.05) is 0 Å². The highest BCUT2D eigenvalue weighted by Crippen LogP contribution is 2.34. The van der Waals surface area contributed by atoms with Crippen molar-refractivity contribution in [2.24, 2.45) is 0 Å². The van der Waals surface area contributed by atoms with Crippen LogP contribution < -0.4 is 0 Å². The van der Waals surface area contributed by atoms with Crippen molar-refractivity contribution in [1.82, 2.24) is 5.06 Å². The molecule has 1 aromatic carbocycles. The SMILES string of the molecule is O=C(c1ccc(Br)cc1C(F)(F)F)N1CCCO1. The Morgan fingerprint density at radius 3 is 2.67 bits per heavy atom. The third-order valence-corrected chi connectivity index (χ3v) is 2.99. The minimum atomic E-state index is -4.57. The van der Waals surface area contributed by atoms with Crippen LogP contribution in [-0.2, 0) is 11.0 Å². The maximum Gasteiger partial charge on any atom is 0.417 e. The smallest absolute Gasteiger partial charge is 0.271 e. The number of benzene rings is 1. The van der Waals surface area contributed by atoms with Gasteiger partial charge in [0.1, 0.15) is 0 Å². The third kappa shape index (κ3) is 2.67. The van der Waals surface area contributed by atoms with E-state index in [-0.39, 0.29) is 4.47 Å². The van der Waals surface area contributed by atoms with Crippen LogP contribution in [0.2, 0.25) is 0 Å². The lowest BCUT2D eigenvalue weighted by atomic mass is 10.1. The van der Waals surface area contributed by atoms with Gasteiger partial charge in [-0.25, -0.2) is 5.06 Å². The summed E-state index contributed by atoms with van der Waals surface area (Å²) in [6.07, 6.45) is -3.95. The molecule has 0 spiro atoms. The van der Waals surface area contributed by atoms with E-state index in [9.17, 15) is 18.0 Å². The van der Waals surface area contributed by atoms with Crippen LogP contribution >= 0.6 is 15.9 Å². The summed E-state index contributed by atoms with van der Waals surface area (Å²) in [6, 6.07) is 3.44. The van der Waals surface area contributed by atoms with Gasteiger partial charge in [-0.3, -0.25) is 9.63 Å². The molecule has 3 nitrogen and oxygen atoms in total. The third-order valence-electron chi connectivity index (χ3n) is 2.50. The first-order valence-electron chi connectivity index (χ1n) is 5.21. The van der Waals surface area contributed by atoms with Crippen molar-refractivity contribution >= 4 is 21.8 Å². The van der Waals surface area contributed by atoms with Crippen LogP contribution in [0.3, 0.4) is 0 Å². The predicted molar refractivity (Wildman–Crippen MR) is 60.7 cm³/mol. The fraction of sp³-hybridized carbons (Fsp3) is 0.364. The zero-order chi connectivity index (χ0) is 13.3. The highest BCUT2D eigenvalue weighted by atomic mass is 79.9. The van der Waals surface area contributed by atoms with Crippen LogP contribution in [0.4, 0.5) is 13.2 Å². The molecule has 98 valence electrons. The van der Waals surface area contributed by atoms with E-state index in [1.54, 1.807) is 0 Å². The Labute approximate surface area is 110 Å². The molecule has 0 aromatic heterocycles. The molecule has 18 heavy (non-hydrogen) atoms. The summed E-state index contributed by atoms with van der Waals surface area (Å²) in [4.78, 5) is 16.9. The van der Waals surface area contributed by atoms with Gasteiger partial charge in [-0.05, 0) is 24.6 Å². The molecule has 0 N–H and O–H groups in total. The van der Waals surface area contributed by atoms with Crippen molar-refractivity contribution in [3.8, 4) is 0 Å². The second-order valence-corrected chi connectivity index (χ2v) is 4.70. The largest absolute Gasteiger partial charge is 0.417 e. The van der Waals surface area contributed by atoms with Crippen LogP contribution in [0.1, 0.15) is 22.3 Å². The Balaban J connectivity index is 2.40. The summed E-state index contributed by atoms with van der Waals surface area (Å²) < 4.78 is 38.8. The molecule has 1 amide bonds. The van der Waals surface area contributed by atoms with Gasteiger partial charge in [-0.15, -0.1) is 0 Å². The summed E-state index contributed by atoms with van der Waals surface area (Å²) >= 11 is 2.97. The first-order chi connectivity index (χ1) is 8.39. The van der Waals surface area contributed by atoms with E-state index in [2.05, 4.69) is 15.9 Å². The number of nitrogens with zero attached hydrogens (tertiary/aromatic N) is 1. The molecule has 1 fully saturated rings. The van der Waals surface area contributed by atoms with Crippen LogP contribution in [0.5, 0.6) is 0 Å². The van der Waals surface area contributed by atoms with Gasteiger partial charge in [0.15, 0.2) is 0 Å². The molecule has 1 aliphatic rings. The van der Waals surface area contributed by atoms with Gasteiger partial charge in [0.25, 0.3) is 5.91 Å². The number of amides is 1. The standard InChI is InChI=1S/C11H9BrF3NO2/c12-7-2-3-8(9(6-7)11(13,14)15)10(17)16-4-1-5-18-16/h2-3,6H,1,4-5H2. The molecule has 0 saturated carbocycles. The molecule has 0 atom stereocenters. The summed E-state index contributed by atoms with van der Waals surface area (Å²) in [5, 5.41) is 0.971. The molecule has 0 unspecified atom stereocenters. The van der Waals surface area contributed by atoms with E-state index in [0.29, 0.717) is 19.6 Å². The van der Waals surface area contributed by atoms with Crippen molar-refractivity contribution in [2.75, 3.05) is 13.2 Å². The number of carbonyl (C=O) groups excluding carboxylic acids is 1. The van der Waals surface area contributed by atoms with Gasteiger partial charge in [0, 0.05) is 4.47 Å². The molecule has 1 saturated heterocycles. The van der Waals surface area contributed by atoms with E-state index in [4.69, 9.17) is 4.84 Å². The van der Waals surface area contributed by atoms with Gasteiger partial charge in [0.2, 0.25) is 0 Å². The van der Waals surface area contributed by atoms with Crippen molar-refractivity contribution in [3.63, 3.8) is 0 Å². The molecule has 1 heterocycles. The van der Waals surface area contributed by atoms with Gasteiger partial charge in [0.05, 0.1) is 24.3 Å². The Kier molecular flexibility index (Phi) is 3.63. The van der Waals surface area contributed by atoms with E-state index >= 15 is 0 Å². The van der Waals surface area contributed by atoms with Gasteiger partial charge >= 0.3 is 6.18 Å². The lowest BCUT2D eigenvalue weighted by Gasteiger charge is -2.17. The number of hydrogen-bond donors (Lipinski definition) is 0. The highest BCUT2D eigenvalue weighted by molar-refractivity contribution is 9.10. The molecular formula is C11H9BrF3NO2. The fourth-order valence-electron chi connectivity index (χ4n) is 1.68. The molecule has 1 aromatic rings. The van der Waals surface area contributed by atoms with Gasteiger partial charge in [-0.1, -0.05) is 15.9 Å². The number of rotatable bonds is 1. The molecule has 0 bridgehead atoms. The second-order valence-electron chi connectivity index (χ2n) is 3.78. The van der Waals surface area contributed by atoms with Gasteiger partial charge in [-0.2, -0.15) is 13.2 Å². The van der Waals surface area contributed by atoms with Gasteiger partial charge < -0.3 is 0 Å². The number of carbonyl (C=O) groups is 1. The maximum atomic E-state index is 12.8. The summed E-state index contributed by atoms with van der Waals surface area (Å²) in [6.45, 7) is 0.663. The average molecular weight is 324 g/mol. The van der Waals surface area contributed by atoms with Crippen LogP contribution in [-0.4, -0.2) is 24.1 Å². The lowest BCUT2D eigenvalue weighted by molar-refractivity contribution is -0.138. The highest BCUT2D eigenvalue weighted by Gasteiger charge is 2.37. The predicted octanol–water partition coefficient (Wildman–Crippen LogP) is 3.25. The Morgan fingerprint density at radius 1 is 1.39 bits per heavy atom. The molecule has 0 radical (unpaired) electrons. The molecule has 0 aliphatic carbocycles. The molecule has 2 rings (SSSR count). The second kappa shape index (κ2) is 4.89. The molecule has 1 aliphatic heterocycles. The molecule has 7 heteroatoms. The van der Waals surface area contributed by atoms with Crippen molar-refractivity contribution in [3.05, 3.63) is 33.8 Å². The topological polar surface area (TPSA) is 29.5 Å². The Hall–Kier alpha value is -1.08. The Morgan fingerprint density at radius 2 is 2.11 bits per heavy atom. The van der Waals surface area contributed by atoms with Crippen molar-refractivity contribution < 1.29 is 22.8 Å². The Bertz CT molecular complexity index is 470. The summed E-state index contributed by atoms with van der Waals surface area (Å²) in [5.41, 5.74) is -1.36. The van der Waals surface area contributed by atoms with Crippen LogP contribution in [0, 0.1) is 0 Å². The van der Waals surface area contributed by atoms with Crippen molar-refractivity contribution in [2.45, 2.75) is 12.6 Å². The minimum absolute atomic E-state index is 0.272. The van der Waals surface area contributed by atoms with Crippen LogP contribution in [0.15, 0.2) is 22.7 Å². The summed E-state index contributed by atoms with van der Waals surface area (Å²) in [5.74, 6) is -0.757. The number of halogens is 4. The van der Waals surface area contributed by atoms with E-state index < -0.39 is 23.2 Å². The number of alkyl halides is 3. The zero-order valence-corrected chi connectivity index (χ0v) is 10.7. The van der Waals surface area contributed by atoms with Crippen LogP contribution in [0.25, 0.3) is 0 Å². The molecular weight excluding hydrogens is 315 g/mol. The minimum Gasteiger partial charge on any atom is -0.271 e. The zero-order valence-electron chi connectivity index (χ0n) is 9.13. The monoisotopic (exact) mass is 323 g/mol. The quantitative estimate of drug-likeness (QED) is 0.794. The number of hydrogen-bond acceptors (Lipinski definition) is 2. The fourth-order valence-corrected chi connectivity index (χ4v) is 2.04. The number of hydroxylamine groups is 2. The van der Waals surface area contributed by atoms with E-state index in [1.165, 1.54) is 6.07 Å².